The number of hydrogen-bond donors (Lipinski definition) is 3. The molecule has 0 fully saturated rings. The van der Waals surface area contributed by atoms with Gasteiger partial charge in [-0.1, -0.05) is 420 Å². The van der Waals surface area contributed by atoms with E-state index >= 15 is 0 Å². The van der Waals surface area contributed by atoms with Crippen LogP contribution >= 0.6 is 15.6 Å². The molecule has 0 amide bonds. The second-order valence-electron chi connectivity index (χ2n) is 32.6. The maximum atomic E-state index is 13.2. The predicted octanol–water partition coefficient (Wildman–Crippen LogP) is 27.0. The Morgan fingerprint density at radius 1 is 0.252 bits per heavy atom. The number of carbonyl (C=O) groups excluding carboxylic acids is 4. The van der Waals surface area contributed by atoms with Gasteiger partial charge in [-0.15, -0.1) is 0 Å². The average molecular weight is 1560 g/mol. The molecule has 0 aromatic heterocycles. The first-order chi connectivity index (χ1) is 51.9. The summed E-state index contributed by atoms with van der Waals surface area (Å²) in [6.45, 7) is 9.65. The first-order valence-electron chi connectivity index (χ1n) is 45.5. The van der Waals surface area contributed by atoms with Crippen LogP contribution in [0.3, 0.4) is 0 Å². The molecule has 636 valence electrons. The zero-order valence-corrected chi connectivity index (χ0v) is 72.2. The van der Waals surface area contributed by atoms with E-state index in [2.05, 4.69) is 41.5 Å². The molecule has 0 heterocycles. The Morgan fingerprint density at radius 3 is 0.636 bits per heavy atom. The van der Waals surface area contributed by atoms with Crippen LogP contribution in [0.25, 0.3) is 0 Å². The molecule has 0 aromatic rings. The first kappa shape index (κ1) is 105. The molecule has 3 N–H and O–H groups in total. The minimum Gasteiger partial charge on any atom is -0.462 e. The highest BCUT2D eigenvalue weighted by atomic mass is 31.2. The number of phosphoric ester groups is 2. The van der Waals surface area contributed by atoms with Crippen molar-refractivity contribution in [1.82, 2.24) is 0 Å². The lowest BCUT2D eigenvalue weighted by molar-refractivity contribution is -0.161. The van der Waals surface area contributed by atoms with E-state index in [4.69, 9.17) is 37.0 Å². The van der Waals surface area contributed by atoms with Crippen LogP contribution in [0.2, 0.25) is 0 Å². The molecule has 2 unspecified atom stereocenters. The average Bonchev–Trinajstić information content (AvgIpc) is 0.901. The molecule has 0 aromatic carbocycles. The van der Waals surface area contributed by atoms with Gasteiger partial charge in [0.25, 0.3) is 0 Å². The molecule has 0 aliphatic carbocycles. The Kier molecular flexibility index (Phi) is 77.9. The van der Waals surface area contributed by atoms with Crippen molar-refractivity contribution in [3.63, 3.8) is 0 Å². The van der Waals surface area contributed by atoms with Gasteiger partial charge in [0.1, 0.15) is 19.3 Å². The van der Waals surface area contributed by atoms with Gasteiger partial charge in [-0.25, -0.2) is 9.13 Å². The van der Waals surface area contributed by atoms with Crippen LogP contribution in [-0.2, 0) is 65.4 Å². The molecular weight excluding hydrogens is 1390 g/mol. The van der Waals surface area contributed by atoms with E-state index in [1.165, 1.54) is 283 Å². The number of phosphoric acid groups is 2. The standard InChI is InChI=1S/C88H172O17P2/c1-7-9-11-13-15-17-19-21-23-25-27-29-31-35-39-43-47-53-60-66-72-87(92)104-83(76-98-85(90)70-64-58-52-46-42-38-34-30-28-26-24-22-20-18-16-14-12-10-8-2)78-102-106(94,95)100-74-82(89)75-101-107(96,97)103-79-84(77-99-86(91)71-65-59-55-49-51-57-63-69-81(5)6)105-88(93)73-67-61-54-48-44-40-36-32-33-37-41-45-50-56-62-68-80(3)4/h80-84,89H,7-79H2,1-6H3,(H,94,95)(H,96,97)/t82-,83-,84-/m1/s1. The molecule has 0 aliphatic rings. The fourth-order valence-electron chi connectivity index (χ4n) is 13.8. The van der Waals surface area contributed by atoms with Gasteiger partial charge in [-0.2, -0.15) is 0 Å². The number of ether oxygens (including phenoxy) is 4. The van der Waals surface area contributed by atoms with Crippen molar-refractivity contribution in [3.05, 3.63) is 0 Å². The van der Waals surface area contributed by atoms with Crippen LogP contribution in [0.5, 0.6) is 0 Å². The number of aliphatic hydroxyl groups excluding tert-OH is 1. The van der Waals surface area contributed by atoms with E-state index in [1.54, 1.807) is 0 Å². The Labute approximate surface area is 658 Å². The van der Waals surface area contributed by atoms with Gasteiger partial charge in [0, 0.05) is 25.7 Å². The summed E-state index contributed by atoms with van der Waals surface area (Å²) in [5.41, 5.74) is 0. The predicted molar refractivity (Wildman–Crippen MR) is 442 cm³/mol. The fraction of sp³-hybridized carbons (Fsp3) is 0.955. The highest BCUT2D eigenvalue weighted by molar-refractivity contribution is 7.47. The normalized spacial score (nSPS) is 13.8. The third kappa shape index (κ3) is 81.9. The third-order valence-electron chi connectivity index (χ3n) is 20.7. The Bertz CT molecular complexity index is 2050. The summed E-state index contributed by atoms with van der Waals surface area (Å²) >= 11 is 0. The van der Waals surface area contributed by atoms with E-state index in [0.29, 0.717) is 31.6 Å². The molecule has 0 saturated heterocycles. The molecule has 107 heavy (non-hydrogen) atoms. The van der Waals surface area contributed by atoms with E-state index in [0.717, 1.165) is 102 Å². The molecule has 0 saturated carbocycles. The van der Waals surface area contributed by atoms with Gasteiger partial charge in [-0.3, -0.25) is 37.3 Å². The minimum absolute atomic E-state index is 0.107. The van der Waals surface area contributed by atoms with E-state index in [-0.39, 0.29) is 25.7 Å². The van der Waals surface area contributed by atoms with Crippen molar-refractivity contribution in [3.8, 4) is 0 Å². The quantitative estimate of drug-likeness (QED) is 0.0222. The van der Waals surface area contributed by atoms with Gasteiger partial charge in [-0.05, 0) is 37.5 Å². The highest BCUT2D eigenvalue weighted by Gasteiger charge is 2.30. The van der Waals surface area contributed by atoms with Crippen molar-refractivity contribution in [2.75, 3.05) is 39.6 Å². The SMILES string of the molecule is CCCCCCCCCCCCCCCCCCCCCCC(=O)O[C@H](COC(=O)CCCCCCCCCCCCCCCCCCCCC)COP(=O)(O)OC[C@@H](O)COP(=O)(O)OC[C@@H](COC(=O)CCCCCCCCCC(C)C)OC(=O)CCCCCCCCCCCCCCCCCC(C)C. The van der Waals surface area contributed by atoms with Crippen LogP contribution in [0, 0.1) is 11.8 Å². The van der Waals surface area contributed by atoms with Crippen LogP contribution in [0.4, 0.5) is 0 Å². The molecule has 5 atom stereocenters. The van der Waals surface area contributed by atoms with Crippen molar-refractivity contribution in [2.45, 2.75) is 490 Å². The number of rotatable bonds is 87. The third-order valence-corrected chi connectivity index (χ3v) is 22.6. The molecule has 17 nitrogen and oxygen atoms in total. The van der Waals surface area contributed by atoms with Crippen molar-refractivity contribution >= 4 is 39.5 Å². The Hall–Kier alpha value is -1.94. The summed E-state index contributed by atoms with van der Waals surface area (Å²) < 4.78 is 69.0. The molecule has 19 heteroatoms. The van der Waals surface area contributed by atoms with Crippen LogP contribution < -0.4 is 0 Å². The highest BCUT2D eigenvalue weighted by Crippen LogP contribution is 2.45. The number of unbranched alkanes of at least 4 members (excludes halogenated alkanes) is 57. The minimum atomic E-state index is -4.97. The molecule has 0 radical (unpaired) electrons. The largest absolute Gasteiger partial charge is 0.472 e. The van der Waals surface area contributed by atoms with Crippen LogP contribution in [-0.4, -0.2) is 96.7 Å². The number of aliphatic hydroxyl groups is 1. The van der Waals surface area contributed by atoms with Crippen LogP contribution in [0.15, 0.2) is 0 Å². The second kappa shape index (κ2) is 79.3. The van der Waals surface area contributed by atoms with E-state index in [1.807, 2.05) is 0 Å². The summed E-state index contributed by atoms with van der Waals surface area (Å²) in [6.07, 6.45) is 72.4. The lowest BCUT2D eigenvalue weighted by Crippen LogP contribution is -2.30. The molecule has 0 spiro atoms. The fourth-order valence-corrected chi connectivity index (χ4v) is 15.4. The summed E-state index contributed by atoms with van der Waals surface area (Å²) in [6, 6.07) is 0. The zero-order valence-electron chi connectivity index (χ0n) is 70.5. The lowest BCUT2D eigenvalue weighted by Gasteiger charge is -2.21. The Morgan fingerprint density at radius 2 is 0.430 bits per heavy atom. The van der Waals surface area contributed by atoms with Gasteiger partial charge in [0.15, 0.2) is 12.2 Å². The molecule has 0 bridgehead atoms. The maximum absolute atomic E-state index is 13.2. The van der Waals surface area contributed by atoms with Gasteiger partial charge in [0.05, 0.1) is 26.4 Å². The second-order valence-corrected chi connectivity index (χ2v) is 35.5. The van der Waals surface area contributed by atoms with E-state index < -0.39 is 97.5 Å². The van der Waals surface area contributed by atoms with Gasteiger partial charge in [0.2, 0.25) is 0 Å². The number of carbonyl (C=O) groups is 4. The van der Waals surface area contributed by atoms with Crippen molar-refractivity contribution in [1.29, 1.82) is 0 Å². The smallest absolute Gasteiger partial charge is 0.462 e. The lowest BCUT2D eigenvalue weighted by atomic mass is 10.0. The monoisotopic (exact) mass is 1560 g/mol. The summed E-state index contributed by atoms with van der Waals surface area (Å²) in [5.74, 6) is -0.594. The maximum Gasteiger partial charge on any atom is 0.472 e. The van der Waals surface area contributed by atoms with Gasteiger partial charge >= 0.3 is 39.5 Å². The Balaban J connectivity index is 5.22. The summed E-state index contributed by atoms with van der Waals surface area (Å²) in [7, 11) is -9.93. The van der Waals surface area contributed by atoms with E-state index in [9.17, 15) is 43.2 Å². The first-order valence-corrected chi connectivity index (χ1v) is 48.5. The number of esters is 4. The van der Waals surface area contributed by atoms with Crippen LogP contribution in [0.1, 0.15) is 472 Å². The van der Waals surface area contributed by atoms with Crippen molar-refractivity contribution in [2.24, 2.45) is 11.8 Å². The molecular formula is C88H172O17P2. The summed E-state index contributed by atoms with van der Waals surface area (Å²) in [5, 5.41) is 10.7. The van der Waals surface area contributed by atoms with Crippen molar-refractivity contribution < 1.29 is 80.2 Å². The molecule has 0 aliphatic heterocycles. The zero-order chi connectivity index (χ0) is 78.5. The number of hydrogen-bond acceptors (Lipinski definition) is 15. The molecule has 0 rings (SSSR count). The summed E-state index contributed by atoms with van der Waals surface area (Å²) in [4.78, 5) is 73.3. The topological polar surface area (TPSA) is 237 Å². The van der Waals surface area contributed by atoms with Gasteiger partial charge < -0.3 is 33.8 Å².